The molecule has 0 spiro atoms. The summed E-state index contributed by atoms with van der Waals surface area (Å²) in [5.74, 6) is 3.45. The number of nitrogens with zero attached hydrogens (tertiary/aromatic N) is 2. The zero-order valence-corrected chi connectivity index (χ0v) is 18.9. The molecule has 1 saturated carbocycles. The molecule has 2 heterocycles. The van der Waals surface area contributed by atoms with Gasteiger partial charge in [-0.25, -0.2) is 14.4 Å². The van der Waals surface area contributed by atoms with Crippen LogP contribution >= 0.6 is 11.6 Å². The number of aromatic nitrogens is 2. The van der Waals surface area contributed by atoms with Crippen molar-refractivity contribution in [2.75, 3.05) is 32.1 Å². The van der Waals surface area contributed by atoms with Crippen molar-refractivity contribution in [3.63, 3.8) is 0 Å². The SMILES string of the molecule is COc1cc2c(Nc3ccc(Cl)c(C)c3F)ncnc2cc1OC[C@H]1C[C@H]2CNC[C@H]2C1. The highest BCUT2D eigenvalue weighted by Gasteiger charge is 2.37. The second kappa shape index (κ2) is 8.71. The molecule has 168 valence electrons. The van der Waals surface area contributed by atoms with Crippen LogP contribution in [0, 0.1) is 30.5 Å². The Bertz CT molecular complexity index is 1150. The molecule has 0 radical (unpaired) electrons. The minimum atomic E-state index is -0.410. The van der Waals surface area contributed by atoms with Crippen molar-refractivity contribution in [2.24, 2.45) is 17.8 Å². The van der Waals surface area contributed by atoms with Gasteiger partial charge in [0.2, 0.25) is 0 Å². The second-order valence-corrected chi connectivity index (χ2v) is 9.14. The largest absolute Gasteiger partial charge is 0.493 e. The first-order valence-electron chi connectivity index (χ1n) is 10.9. The fraction of sp³-hybridized carbons (Fsp3) is 0.417. The quantitative estimate of drug-likeness (QED) is 0.537. The first-order valence-corrected chi connectivity index (χ1v) is 11.3. The van der Waals surface area contributed by atoms with E-state index >= 15 is 0 Å². The van der Waals surface area contributed by atoms with Crippen molar-refractivity contribution in [3.8, 4) is 11.5 Å². The van der Waals surface area contributed by atoms with Gasteiger partial charge in [-0.3, -0.25) is 0 Å². The Balaban J connectivity index is 1.39. The van der Waals surface area contributed by atoms with Gasteiger partial charge in [0.15, 0.2) is 17.3 Å². The normalized spacial score (nSPS) is 22.2. The molecule has 1 aliphatic heterocycles. The summed E-state index contributed by atoms with van der Waals surface area (Å²) in [5.41, 5.74) is 1.37. The minimum Gasteiger partial charge on any atom is -0.493 e. The summed E-state index contributed by atoms with van der Waals surface area (Å²) in [5, 5.41) is 7.64. The molecule has 2 aromatic carbocycles. The number of hydrogen-bond acceptors (Lipinski definition) is 6. The summed E-state index contributed by atoms with van der Waals surface area (Å²) in [4.78, 5) is 8.71. The lowest BCUT2D eigenvalue weighted by Gasteiger charge is -2.17. The van der Waals surface area contributed by atoms with Gasteiger partial charge in [0.1, 0.15) is 12.1 Å². The van der Waals surface area contributed by atoms with E-state index < -0.39 is 5.82 Å². The van der Waals surface area contributed by atoms with Crippen molar-refractivity contribution in [1.82, 2.24) is 15.3 Å². The topological polar surface area (TPSA) is 68.3 Å². The number of halogens is 2. The molecule has 32 heavy (non-hydrogen) atoms. The van der Waals surface area contributed by atoms with Crippen LogP contribution < -0.4 is 20.1 Å². The van der Waals surface area contributed by atoms with E-state index in [-0.39, 0.29) is 0 Å². The molecule has 3 aromatic rings. The fourth-order valence-electron chi connectivity index (χ4n) is 4.96. The molecule has 1 aliphatic carbocycles. The zero-order chi connectivity index (χ0) is 22.2. The number of nitrogens with one attached hydrogen (secondary N) is 2. The van der Waals surface area contributed by atoms with Gasteiger partial charge in [0.25, 0.3) is 0 Å². The van der Waals surface area contributed by atoms with Crippen molar-refractivity contribution < 1.29 is 13.9 Å². The Morgan fingerprint density at radius 3 is 2.69 bits per heavy atom. The maximum absolute atomic E-state index is 14.7. The highest BCUT2D eigenvalue weighted by atomic mass is 35.5. The van der Waals surface area contributed by atoms with Gasteiger partial charge in [0, 0.05) is 22.0 Å². The number of benzene rings is 2. The summed E-state index contributed by atoms with van der Waals surface area (Å²) in [6.45, 7) is 4.56. The molecule has 0 bridgehead atoms. The third-order valence-electron chi connectivity index (χ3n) is 6.72. The predicted octanol–water partition coefficient (Wildman–Crippen LogP) is 5.11. The lowest BCUT2D eigenvalue weighted by molar-refractivity contribution is 0.234. The first kappa shape index (κ1) is 21.2. The van der Waals surface area contributed by atoms with Crippen LogP contribution in [-0.4, -0.2) is 36.8 Å². The van der Waals surface area contributed by atoms with E-state index in [2.05, 4.69) is 20.6 Å². The molecule has 2 aliphatic rings. The first-order chi connectivity index (χ1) is 15.5. The number of ether oxygens (including phenoxy) is 2. The summed E-state index contributed by atoms with van der Waals surface area (Å²) in [6.07, 6.45) is 3.86. The Kier molecular flexibility index (Phi) is 5.78. The molecule has 2 N–H and O–H groups in total. The van der Waals surface area contributed by atoms with E-state index in [1.165, 1.54) is 19.2 Å². The molecule has 1 aromatic heterocycles. The Morgan fingerprint density at radius 2 is 1.94 bits per heavy atom. The third kappa shape index (κ3) is 3.95. The Morgan fingerprint density at radius 1 is 1.16 bits per heavy atom. The molecule has 2 fully saturated rings. The Labute approximate surface area is 191 Å². The number of hydrogen-bond donors (Lipinski definition) is 2. The molecule has 5 rings (SSSR count). The highest BCUT2D eigenvalue weighted by Crippen LogP contribution is 2.40. The Hall–Kier alpha value is -2.64. The van der Waals surface area contributed by atoms with Crippen molar-refractivity contribution in [3.05, 3.63) is 47.0 Å². The van der Waals surface area contributed by atoms with Gasteiger partial charge in [0.05, 0.1) is 24.9 Å². The van der Waals surface area contributed by atoms with Gasteiger partial charge in [-0.15, -0.1) is 0 Å². The summed E-state index contributed by atoms with van der Waals surface area (Å²) < 4.78 is 26.4. The van der Waals surface area contributed by atoms with Crippen LogP contribution in [0.5, 0.6) is 11.5 Å². The summed E-state index contributed by atoms with van der Waals surface area (Å²) in [7, 11) is 1.61. The maximum atomic E-state index is 14.7. The number of rotatable bonds is 6. The molecule has 0 amide bonds. The van der Waals surface area contributed by atoms with Crippen molar-refractivity contribution in [1.29, 1.82) is 0 Å². The van der Waals surface area contributed by atoms with Crippen LogP contribution in [-0.2, 0) is 0 Å². The number of fused-ring (bicyclic) bond motifs is 2. The van der Waals surface area contributed by atoms with Gasteiger partial charge in [-0.1, -0.05) is 11.6 Å². The van der Waals surface area contributed by atoms with Crippen LogP contribution in [0.2, 0.25) is 5.02 Å². The van der Waals surface area contributed by atoms with Crippen LogP contribution in [0.3, 0.4) is 0 Å². The molecule has 8 heteroatoms. The lowest BCUT2D eigenvalue weighted by atomic mass is 10.0. The standard InChI is InChI=1S/C24H26ClFN4O2/c1-13-18(25)3-4-19(23(13)26)30-24-17-7-21(31-2)22(8-20(17)28-12-29-24)32-11-14-5-15-9-27-10-16(15)6-14/h3-4,7-8,12,14-16,27H,5-6,9-11H2,1-2H3,(H,28,29,30)/t14-,15-,16+. The minimum absolute atomic E-state index is 0.299. The van der Waals surface area contributed by atoms with Crippen LogP contribution in [0.25, 0.3) is 10.9 Å². The smallest absolute Gasteiger partial charge is 0.163 e. The van der Waals surface area contributed by atoms with Gasteiger partial charge >= 0.3 is 0 Å². The number of anilines is 2. The summed E-state index contributed by atoms with van der Waals surface area (Å²) in [6, 6.07) is 6.95. The van der Waals surface area contributed by atoms with Crippen LogP contribution in [0.1, 0.15) is 18.4 Å². The highest BCUT2D eigenvalue weighted by molar-refractivity contribution is 6.31. The number of methoxy groups -OCH3 is 1. The van der Waals surface area contributed by atoms with Crippen molar-refractivity contribution in [2.45, 2.75) is 19.8 Å². The van der Waals surface area contributed by atoms with Gasteiger partial charge < -0.3 is 20.1 Å². The van der Waals surface area contributed by atoms with Gasteiger partial charge in [-0.2, -0.15) is 0 Å². The van der Waals surface area contributed by atoms with Crippen LogP contribution in [0.4, 0.5) is 15.9 Å². The van der Waals surface area contributed by atoms with E-state index in [0.717, 1.165) is 24.9 Å². The van der Waals surface area contributed by atoms with E-state index in [1.54, 1.807) is 26.2 Å². The fourth-order valence-corrected chi connectivity index (χ4v) is 5.10. The third-order valence-corrected chi connectivity index (χ3v) is 7.13. The van der Waals surface area contributed by atoms with E-state index in [9.17, 15) is 4.39 Å². The molecular formula is C24H26ClFN4O2. The lowest BCUT2D eigenvalue weighted by Crippen LogP contribution is -2.15. The van der Waals surface area contributed by atoms with Gasteiger partial charge in [-0.05, 0) is 68.8 Å². The predicted molar refractivity (Wildman–Crippen MR) is 124 cm³/mol. The molecule has 0 unspecified atom stereocenters. The summed E-state index contributed by atoms with van der Waals surface area (Å²) >= 11 is 6.02. The molecule has 3 atom stereocenters. The van der Waals surface area contributed by atoms with Crippen LogP contribution in [0.15, 0.2) is 30.6 Å². The zero-order valence-electron chi connectivity index (χ0n) is 18.1. The van der Waals surface area contributed by atoms with Crippen molar-refractivity contribution >= 4 is 34.0 Å². The molecule has 1 saturated heterocycles. The average Bonchev–Trinajstić information content (AvgIpc) is 3.39. The van der Waals surface area contributed by atoms with E-state index in [4.69, 9.17) is 21.1 Å². The average molecular weight is 457 g/mol. The molecule has 6 nitrogen and oxygen atoms in total. The molecular weight excluding hydrogens is 431 g/mol. The second-order valence-electron chi connectivity index (χ2n) is 8.73. The maximum Gasteiger partial charge on any atom is 0.163 e. The van der Waals surface area contributed by atoms with E-state index in [0.29, 0.717) is 57.0 Å². The monoisotopic (exact) mass is 456 g/mol. The van der Waals surface area contributed by atoms with E-state index in [1.807, 2.05) is 12.1 Å².